The Balaban J connectivity index is 1.44. The molecule has 0 N–H and O–H groups in total. The van der Waals surface area contributed by atoms with Gasteiger partial charge >= 0.3 is 0 Å². The molecule has 6 heteroatoms. The SMILES string of the molecule is CC(C)c1ccc(C(=O)N2CCN(C(=O)CSCc3cccnc3)CC2)cc1. The van der Waals surface area contributed by atoms with Gasteiger partial charge < -0.3 is 9.80 Å². The van der Waals surface area contributed by atoms with Gasteiger partial charge in [0.25, 0.3) is 5.91 Å². The molecule has 0 atom stereocenters. The number of carbonyl (C=O) groups is 2. The van der Waals surface area contributed by atoms with Crippen LogP contribution in [0.5, 0.6) is 0 Å². The van der Waals surface area contributed by atoms with Crippen LogP contribution in [-0.2, 0) is 10.5 Å². The first-order chi connectivity index (χ1) is 13.5. The van der Waals surface area contributed by atoms with Crippen molar-refractivity contribution in [1.29, 1.82) is 0 Å². The van der Waals surface area contributed by atoms with E-state index >= 15 is 0 Å². The largest absolute Gasteiger partial charge is 0.338 e. The Labute approximate surface area is 171 Å². The van der Waals surface area contributed by atoms with E-state index in [1.165, 1.54) is 5.56 Å². The fraction of sp³-hybridized carbons (Fsp3) is 0.409. The van der Waals surface area contributed by atoms with E-state index in [9.17, 15) is 9.59 Å². The average Bonchev–Trinajstić information content (AvgIpc) is 2.74. The monoisotopic (exact) mass is 397 g/mol. The molecule has 3 rings (SSSR count). The van der Waals surface area contributed by atoms with Gasteiger partial charge in [0.1, 0.15) is 0 Å². The first-order valence-electron chi connectivity index (χ1n) is 9.68. The van der Waals surface area contributed by atoms with Gasteiger partial charge in [0.15, 0.2) is 0 Å². The van der Waals surface area contributed by atoms with Crippen LogP contribution in [0.4, 0.5) is 0 Å². The van der Waals surface area contributed by atoms with Crippen molar-refractivity contribution in [3.8, 4) is 0 Å². The van der Waals surface area contributed by atoms with E-state index in [-0.39, 0.29) is 11.8 Å². The lowest BCUT2D eigenvalue weighted by Crippen LogP contribution is -2.51. The molecule has 148 valence electrons. The van der Waals surface area contributed by atoms with Gasteiger partial charge in [-0.15, -0.1) is 11.8 Å². The summed E-state index contributed by atoms with van der Waals surface area (Å²) in [6.45, 7) is 6.65. The lowest BCUT2D eigenvalue weighted by Gasteiger charge is -2.34. The summed E-state index contributed by atoms with van der Waals surface area (Å²) >= 11 is 1.60. The number of pyridine rings is 1. The second-order valence-corrected chi connectivity index (χ2v) is 8.29. The molecule has 1 aromatic heterocycles. The molecular formula is C22H27N3O2S. The minimum absolute atomic E-state index is 0.0494. The molecule has 1 fully saturated rings. The fourth-order valence-electron chi connectivity index (χ4n) is 3.18. The molecule has 0 bridgehead atoms. The van der Waals surface area contributed by atoms with E-state index in [4.69, 9.17) is 0 Å². The number of aromatic nitrogens is 1. The highest BCUT2D eigenvalue weighted by atomic mass is 32.2. The Hall–Kier alpha value is -2.34. The molecule has 2 aromatic rings. The molecule has 0 saturated carbocycles. The van der Waals surface area contributed by atoms with E-state index in [2.05, 4.69) is 18.8 Å². The van der Waals surface area contributed by atoms with Crippen LogP contribution in [-0.4, -0.2) is 58.5 Å². The maximum Gasteiger partial charge on any atom is 0.253 e. The van der Waals surface area contributed by atoms with Crippen molar-refractivity contribution in [2.75, 3.05) is 31.9 Å². The van der Waals surface area contributed by atoms with Crippen molar-refractivity contribution >= 4 is 23.6 Å². The number of nitrogens with zero attached hydrogens (tertiary/aromatic N) is 3. The number of rotatable bonds is 6. The van der Waals surface area contributed by atoms with Crippen LogP contribution >= 0.6 is 11.8 Å². The molecule has 2 heterocycles. The van der Waals surface area contributed by atoms with Gasteiger partial charge in [-0.2, -0.15) is 0 Å². The molecule has 0 aliphatic carbocycles. The van der Waals surface area contributed by atoms with Crippen LogP contribution < -0.4 is 0 Å². The quantitative estimate of drug-likeness (QED) is 0.749. The number of benzene rings is 1. The first-order valence-corrected chi connectivity index (χ1v) is 10.8. The maximum absolute atomic E-state index is 12.7. The summed E-state index contributed by atoms with van der Waals surface area (Å²) in [6.07, 6.45) is 3.58. The number of thioether (sulfide) groups is 1. The summed E-state index contributed by atoms with van der Waals surface area (Å²) < 4.78 is 0. The normalized spacial score (nSPS) is 14.4. The summed E-state index contributed by atoms with van der Waals surface area (Å²) in [7, 11) is 0. The van der Waals surface area contributed by atoms with Crippen molar-refractivity contribution in [1.82, 2.24) is 14.8 Å². The predicted molar refractivity (Wildman–Crippen MR) is 113 cm³/mol. The summed E-state index contributed by atoms with van der Waals surface area (Å²) in [5, 5.41) is 0. The van der Waals surface area contributed by atoms with Gasteiger partial charge in [0.2, 0.25) is 5.91 Å². The number of amides is 2. The summed E-state index contributed by atoms with van der Waals surface area (Å²) in [5.41, 5.74) is 3.08. The molecule has 0 spiro atoms. The molecule has 1 aliphatic heterocycles. The smallest absolute Gasteiger partial charge is 0.253 e. The summed E-state index contributed by atoms with van der Waals surface area (Å²) in [6, 6.07) is 11.8. The Morgan fingerprint density at radius 2 is 1.71 bits per heavy atom. The van der Waals surface area contributed by atoms with Crippen molar-refractivity contribution in [3.63, 3.8) is 0 Å². The van der Waals surface area contributed by atoms with Gasteiger partial charge in [0, 0.05) is 49.9 Å². The molecule has 1 aliphatic rings. The first kappa shape index (κ1) is 20.4. The van der Waals surface area contributed by atoms with Crippen molar-refractivity contribution in [3.05, 3.63) is 65.5 Å². The standard InChI is InChI=1S/C22H27N3O2S/c1-17(2)19-5-7-20(8-6-19)22(27)25-12-10-24(11-13-25)21(26)16-28-15-18-4-3-9-23-14-18/h3-9,14,17H,10-13,15-16H2,1-2H3. The van der Waals surface area contributed by atoms with E-state index < -0.39 is 0 Å². The zero-order chi connectivity index (χ0) is 19.9. The van der Waals surface area contributed by atoms with Crippen LogP contribution in [0.3, 0.4) is 0 Å². The maximum atomic E-state index is 12.7. The minimum atomic E-state index is 0.0494. The second kappa shape index (κ2) is 9.73. The molecular weight excluding hydrogens is 370 g/mol. The van der Waals surface area contributed by atoms with E-state index in [1.807, 2.05) is 52.4 Å². The van der Waals surface area contributed by atoms with E-state index in [1.54, 1.807) is 18.0 Å². The zero-order valence-electron chi connectivity index (χ0n) is 16.5. The molecule has 0 unspecified atom stereocenters. The zero-order valence-corrected chi connectivity index (χ0v) is 17.3. The Morgan fingerprint density at radius 1 is 1.04 bits per heavy atom. The van der Waals surface area contributed by atoms with Gasteiger partial charge in [-0.3, -0.25) is 14.6 Å². The van der Waals surface area contributed by atoms with Crippen molar-refractivity contribution in [2.24, 2.45) is 0 Å². The van der Waals surface area contributed by atoms with Crippen LogP contribution in [0, 0.1) is 0 Å². The highest BCUT2D eigenvalue weighted by Gasteiger charge is 2.24. The molecule has 2 amide bonds. The van der Waals surface area contributed by atoms with Gasteiger partial charge in [-0.1, -0.05) is 32.0 Å². The minimum Gasteiger partial charge on any atom is -0.338 e. The number of hydrogen-bond acceptors (Lipinski definition) is 4. The third-order valence-corrected chi connectivity index (χ3v) is 5.95. The van der Waals surface area contributed by atoms with Gasteiger partial charge in [-0.25, -0.2) is 0 Å². The summed E-state index contributed by atoms with van der Waals surface area (Å²) in [4.78, 5) is 32.9. The van der Waals surface area contributed by atoms with Gasteiger partial charge in [-0.05, 0) is 35.2 Å². The molecule has 1 aromatic carbocycles. The number of piperazine rings is 1. The molecule has 1 saturated heterocycles. The number of carbonyl (C=O) groups excluding carboxylic acids is 2. The fourth-order valence-corrected chi connectivity index (χ4v) is 4.05. The van der Waals surface area contributed by atoms with Crippen LogP contribution in [0.25, 0.3) is 0 Å². The lowest BCUT2D eigenvalue weighted by atomic mass is 10.0. The average molecular weight is 398 g/mol. The van der Waals surface area contributed by atoms with Crippen molar-refractivity contribution in [2.45, 2.75) is 25.5 Å². The third kappa shape index (κ3) is 5.35. The third-order valence-electron chi connectivity index (χ3n) is 4.96. The Bertz CT molecular complexity index is 785. The Kier molecular flexibility index (Phi) is 7.09. The Morgan fingerprint density at radius 3 is 2.32 bits per heavy atom. The molecule has 28 heavy (non-hydrogen) atoms. The van der Waals surface area contributed by atoms with Crippen LogP contribution in [0.15, 0.2) is 48.8 Å². The predicted octanol–water partition coefficient (Wildman–Crippen LogP) is 3.42. The highest BCUT2D eigenvalue weighted by molar-refractivity contribution is 7.99. The van der Waals surface area contributed by atoms with Gasteiger partial charge in [0.05, 0.1) is 5.75 Å². The number of hydrogen-bond donors (Lipinski definition) is 0. The summed E-state index contributed by atoms with van der Waals surface area (Å²) in [5.74, 6) is 1.88. The molecule has 5 nitrogen and oxygen atoms in total. The van der Waals surface area contributed by atoms with E-state index in [0.29, 0.717) is 37.8 Å². The van der Waals surface area contributed by atoms with Crippen molar-refractivity contribution < 1.29 is 9.59 Å². The molecule has 0 radical (unpaired) electrons. The second-order valence-electron chi connectivity index (χ2n) is 7.30. The highest BCUT2D eigenvalue weighted by Crippen LogP contribution is 2.17. The van der Waals surface area contributed by atoms with E-state index in [0.717, 1.165) is 16.9 Å². The topological polar surface area (TPSA) is 53.5 Å². The van der Waals surface area contributed by atoms with Crippen LogP contribution in [0.1, 0.15) is 41.3 Å². The van der Waals surface area contributed by atoms with Crippen LogP contribution in [0.2, 0.25) is 0 Å². The lowest BCUT2D eigenvalue weighted by molar-refractivity contribution is -0.129.